The van der Waals surface area contributed by atoms with Gasteiger partial charge in [-0.3, -0.25) is 4.79 Å². The first-order valence-electron chi connectivity index (χ1n) is 10.7. The Kier molecular flexibility index (Phi) is 9.68. The van der Waals surface area contributed by atoms with E-state index in [4.69, 9.17) is 14.2 Å². The predicted octanol–water partition coefficient (Wildman–Crippen LogP) is 4.44. The lowest BCUT2D eigenvalue weighted by Gasteiger charge is -2.08. The van der Waals surface area contributed by atoms with Gasteiger partial charge >= 0.3 is 0 Å². The molecule has 0 fully saturated rings. The predicted molar refractivity (Wildman–Crippen MR) is 126 cm³/mol. The van der Waals surface area contributed by atoms with Crippen LogP contribution in [-0.2, 0) is 40.4 Å². The highest BCUT2D eigenvalue weighted by Gasteiger charge is 2.09. The normalized spacial score (nSPS) is 10.8. The molecule has 0 atom stereocenters. The summed E-state index contributed by atoms with van der Waals surface area (Å²) in [6.07, 6.45) is 0.251. The summed E-state index contributed by atoms with van der Waals surface area (Å²) in [4.78, 5) is 16.9. The quantitative estimate of drug-likeness (QED) is 0.387. The Morgan fingerprint density at radius 2 is 1.81 bits per heavy atom. The van der Waals surface area contributed by atoms with Gasteiger partial charge in [0, 0.05) is 18.5 Å². The van der Waals surface area contributed by atoms with Gasteiger partial charge in [-0.2, -0.15) is 0 Å². The average Bonchev–Trinajstić information content (AvgIpc) is 3.25. The Hall–Kier alpha value is -2.74. The van der Waals surface area contributed by atoms with E-state index in [1.165, 1.54) is 16.9 Å². The van der Waals surface area contributed by atoms with E-state index < -0.39 is 0 Å². The summed E-state index contributed by atoms with van der Waals surface area (Å²) < 4.78 is 16.6. The molecule has 1 amide bonds. The molecule has 1 N–H and O–H groups in total. The zero-order valence-corrected chi connectivity index (χ0v) is 19.5. The van der Waals surface area contributed by atoms with E-state index in [2.05, 4.69) is 10.3 Å². The molecule has 1 heterocycles. The van der Waals surface area contributed by atoms with Crippen molar-refractivity contribution in [3.63, 3.8) is 0 Å². The first-order valence-corrected chi connectivity index (χ1v) is 11.6. The molecule has 7 heteroatoms. The molecular formula is C25H30N2O4S. The van der Waals surface area contributed by atoms with Crippen molar-refractivity contribution in [2.45, 2.75) is 40.0 Å². The summed E-state index contributed by atoms with van der Waals surface area (Å²) in [6.45, 7) is 7.27. The van der Waals surface area contributed by atoms with Crippen LogP contribution in [0.1, 0.15) is 34.3 Å². The zero-order valence-electron chi connectivity index (χ0n) is 18.6. The smallest absolute Gasteiger partial charge is 0.226 e. The highest BCUT2D eigenvalue weighted by molar-refractivity contribution is 7.09. The minimum Gasteiger partial charge on any atom is -0.486 e. The van der Waals surface area contributed by atoms with Gasteiger partial charge in [0.1, 0.15) is 17.4 Å². The third-order valence-electron chi connectivity index (χ3n) is 4.65. The number of nitrogens with zero attached hydrogens (tertiary/aromatic N) is 1. The van der Waals surface area contributed by atoms with Gasteiger partial charge in [-0.05, 0) is 37.1 Å². The number of benzene rings is 2. The summed E-state index contributed by atoms with van der Waals surface area (Å²) in [5.41, 5.74) is 4.06. The number of hydrogen-bond donors (Lipinski definition) is 1. The molecule has 3 aromatic rings. The summed E-state index contributed by atoms with van der Waals surface area (Å²) in [6, 6.07) is 15.9. The van der Waals surface area contributed by atoms with Crippen molar-refractivity contribution in [1.29, 1.82) is 0 Å². The Morgan fingerprint density at radius 3 is 2.62 bits per heavy atom. The molecule has 0 radical (unpaired) electrons. The topological polar surface area (TPSA) is 69.7 Å². The fourth-order valence-electron chi connectivity index (χ4n) is 2.99. The third-order valence-corrected chi connectivity index (χ3v) is 5.52. The maximum absolute atomic E-state index is 12.3. The largest absolute Gasteiger partial charge is 0.486 e. The van der Waals surface area contributed by atoms with Crippen LogP contribution in [0.15, 0.2) is 53.9 Å². The molecule has 0 saturated carbocycles. The number of aryl methyl sites for hydroxylation is 1. The summed E-state index contributed by atoms with van der Waals surface area (Å²) in [7, 11) is 0. The molecule has 170 valence electrons. The first kappa shape index (κ1) is 23.9. The highest BCUT2D eigenvalue weighted by Crippen LogP contribution is 2.16. The molecule has 0 aliphatic heterocycles. The summed E-state index contributed by atoms with van der Waals surface area (Å²) in [5.74, 6) is 0.756. The number of nitrogens with one attached hydrogen (secondary N) is 1. The first-order chi connectivity index (χ1) is 15.6. The molecule has 0 bridgehead atoms. The van der Waals surface area contributed by atoms with Crippen LogP contribution in [0.25, 0.3) is 0 Å². The SMILES string of the molecule is CCOCCOCc1cccc(CNC(=O)Cc2csc(COc3ccc(C)cc3)n2)c1. The van der Waals surface area contributed by atoms with E-state index in [0.717, 1.165) is 27.6 Å². The Balaban J connectivity index is 1.39. The van der Waals surface area contributed by atoms with Gasteiger partial charge in [-0.15, -0.1) is 11.3 Å². The summed E-state index contributed by atoms with van der Waals surface area (Å²) in [5, 5.41) is 5.73. The lowest BCUT2D eigenvalue weighted by molar-refractivity contribution is -0.120. The Labute approximate surface area is 193 Å². The van der Waals surface area contributed by atoms with E-state index >= 15 is 0 Å². The van der Waals surface area contributed by atoms with Crippen LogP contribution >= 0.6 is 11.3 Å². The van der Waals surface area contributed by atoms with E-state index in [0.29, 0.717) is 39.6 Å². The molecule has 0 spiro atoms. The van der Waals surface area contributed by atoms with E-state index in [-0.39, 0.29) is 12.3 Å². The zero-order chi connectivity index (χ0) is 22.6. The van der Waals surface area contributed by atoms with Crippen molar-refractivity contribution in [1.82, 2.24) is 10.3 Å². The Morgan fingerprint density at radius 1 is 1.03 bits per heavy atom. The summed E-state index contributed by atoms with van der Waals surface area (Å²) >= 11 is 1.50. The number of thiazole rings is 1. The van der Waals surface area contributed by atoms with Crippen LogP contribution in [-0.4, -0.2) is 30.7 Å². The van der Waals surface area contributed by atoms with Crippen LogP contribution in [0.3, 0.4) is 0 Å². The lowest BCUT2D eigenvalue weighted by Crippen LogP contribution is -2.24. The molecule has 0 unspecified atom stereocenters. The molecular weight excluding hydrogens is 424 g/mol. The second-order valence-electron chi connectivity index (χ2n) is 7.36. The van der Waals surface area contributed by atoms with Gasteiger partial charge < -0.3 is 19.5 Å². The van der Waals surface area contributed by atoms with Gasteiger partial charge in [0.2, 0.25) is 5.91 Å². The van der Waals surface area contributed by atoms with Gasteiger partial charge in [-0.1, -0.05) is 42.0 Å². The Bertz CT molecular complexity index is 972. The molecule has 0 aliphatic carbocycles. The number of carbonyl (C=O) groups is 1. The van der Waals surface area contributed by atoms with Crippen LogP contribution in [0.4, 0.5) is 0 Å². The van der Waals surface area contributed by atoms with Crippen molar-refractivity contribution in [2.75, 3.05) is 19.8 Å². The maximum Gasteiger partial charge on any atom is 0.226 e. The van der Waals surface area contributed by atoms with Crippen molar-refractivity contribution in [2.24, 2.45) is 0 Å². The molecule has 0 saturated heterocycles. The number of amides is 1. The second-order valence-corrected chi connectivity index (χ2v) is 8.30. The van der Waals surface area contributed by atoms with E-state index in [9.17, 15) is 4.79 Å². The number of hydrogen-bond acceptors (Lipinski definition) is 6. The minimum atomic E-state index is -0.0559. The molecule has 1 aromatic heterocycles. The highest BCUT2D eigenvalue weighted by atomic mass is 32.1. The number of carbonyl (C=O) groups excluding carboxylic acids is 1. The maximum atomic E-state index is 12.3. The van der Waals surface area contributed by atoms with Crippen LogP contribution in [0.5, 0.6) is 5.75 Å². The number of aromatic nitrogens is 1. The minimum absolute atomic E-state index is 0.0559. The molecule has 32 heavy (non-hydrogen) atoms. The average molecular weight is 455 g/mol. The number of ether oxygens (including phenoxy) is 3. The molecule has 2 aromatic carbocycles. The van der Waals surface area contributed by atoms with Crippen LogP contribution < -0.4 is 10.1 Å². The third kappa shape index (κ3) is 8.42. The van der Waals surface area contributed by atoms with Gasteiger partial charge in [0.05, 0.1) is 31.9 Å². The van der Waals surface area contributed by atoms with Crippen molar-refractivity contribution >= 4 is 17.2 Å². The van der Waals surface area contributed by atoms with Crippen molar-refractivity contribution in [3.05, 3.63) is 81.3 Å². The fraction of sp³-hybridized carbons (Fsp3) is 0.360. The number of rotatable bonds is 13. The van der Waals surface area contributed by atoms with Gasteiger partial charge in [0.15, 0.2) is 0 Å². The molecule has 6 nitrogen and oxygen atoms in total. The monoisotopic (exact) mass is 454 g/mol. The van der Waals surface area contributed by atoms with Crippen LogP contribution in [0, 0.1) is 6.92 Å². The van der Waals surface area contributed by atoms with Crippen molar-refractivity contribution < 1.29 is 19.0 Å². The van der Waals surface area contributed by atoms with Crippen LogP contribution in [0.2, 0.25) is 0 Å². The fourth-order valence-corrected chi connectivity index (χ4v) is 3.69. The van der Waals surface area contributed by atoms with E-state index in [1.54, 1.807) is 0 Å². The molecule has 3 rings (SSSR count). The standard InChI is InChI=1S/C25H30N2O4S/c1-3-29-11-12-30-16-21-6-4-5-20(13-21)15-26-24(28)14-22-18-32-25(27-22)17-31-23-9-7-19(2)8-10-23/h4-10,13,18H,3,11-12,14-17H2,1-2H3,(H,26,28). The second kappa shape index (κ2) is 13.0. The van der Waals surface area contributed by atoms with E-state index in [1.807, 2.05) is 67.8 Å². The van der Waals surface area contributed by atoms with Crippen molar-refractivity contribution in [3.8, 4) is 5.75 Å². The van der Waals surface area contributed by atoms with Gasteiger partial charge in [-0.25, -0.2) is 4.98 Å². The van der Waals surface area contributed by atoms with Gasteiger partial charge in [0.25, 0.3) is 0 Å². The molecule has 0 aliphatic rings. The lowest BCUT2D eigenvalue weighted by atomic mass is 10.1.